The molecule has 1 saturated heterocycles. The Bertz CT molecular complexity index is 950. The van der Waals surface area contributed by atoms with Gasteiger partial charge in [-0.3, -0.25) is 14.9 Å². The van der Waals surface area contributed by atoms with E-state index in [4.69, 9.17) is 9.73 Å². The fourth-order valence-corrected chi connectivity index (χ4v) is 4.14. The lowest BCUT2D eigenvalue weighted by atomic mass is 9.98. The molecule has 0 aliphatic carbocycles. The molecule has 0 atom stereocenters. The number of benzene rings is 2. The Balaban J connectivity index is 1.23. The van der Waals surface area contributed by atoms with E-state index in [0.29, 0.717) is 0 Å². The largest absolute Gasteiger partial charge is 0.379 e. The van der Waals surface area contributed by atoms with Gasteiger partial charge in [-0.2, -0.15) is 0 Å². The fourth-order valence-electron chi connectivity index (χ4n) is 4.14. The molecule has 3 aliphatic rings. The maximum atomic E-state index is 5.44. The number of hydrogen-bond donors (Lipinski definition) is 0. The highest BCUT2D eigenvalue weighted by molar-refractivity contribution is 5.95. The van der Waals surface area contributed by atoms with E-state index in [9.17, 15) is 0 Å². The highest BCUT2D eigenvalue weighted by Crippen LogP contribution is 2.29. The van der Waals surface area contributed by atoms with Gasteiger partial charge in [0, 0.05) is 38.0 Å². The van der Waals surface area contributed by atoms with E-state index in [-0.39, 0.29) is 0 Å². The molecule has 142 valence electrons. The Morgan fingerprint density at radius 1 is 0.964 bits per heavy atom. The lowest BCUT2D eigenvalue weighted by molar-refractivity contribution is 0.0452. The lowest BCUT2D eigenvalue weighted by Crippen LogP contribution is -2.39. The van der Waals surface area contributed by atoms with Gasteiger partial charge in [-0.15, -0.1) is 0 Å². The predicted molar refractivity (Wildman–Crippen MR) is 115 cm³/mol. The zero-order valence-electron chi connectivity index (χ0n) is 16.1. The quantitative estimate of drug-likeness (QED) is 0.804. The summed E-state index contributed by atoms with van der Waals surface area (Å²) in [6, 6.07) is 15.7. The minimum atomic E-state index is 0.803. The summed E-state index contributed by atoms with van der Waals surface area (Å²) in [6.45, 7) is 5.48. The summed E-state index contributed by atoms with van der Waals surface area (Å²) in [6.07, 6.45) is 5.93. The average Bonchev–Trinajstić information content (AvgIpc) is 3.39. The van der Waals surface area contributed by atoms with Crippen LogP contribution in [0.25, 0.3) is 5.57 Å². The molecule has 0 bridgehead atoms. The maximum Gasteiger partial charge on any atom is 0.0665 e. The summed E-state index contributed by atoms with van der Waals surface area (Å²) < 4.78 is 5.44. The number of nitrogens with zero attached hydrogens (tertiary/aromatic N) is 3. The molecule has 4 nitrogen and oxygen atoms in total. The van der Waals surface area contributed by atoms with Crippen molar-refractivity contribution < 1.29 is 4.74 Å². The van der Waals surface area contributed by atoms with Crippen molar-refractivity contribution in [1.29, 1.82) is 0 Å². The van der Waals surface area contributed by atoms with Gasteiger partial charge in [0.05, 0.1) is 25.4 Å². The number of rotatable bonds is 5. The molecule has 3 heterocycles. The summed E-state index contributed by atoms with van der Waals surface area (Å²) in [4.78, 5) is 11.6. The fraction of sp³-hybridized carbons (Fsp3) is 0.333. The van der Waals surface area contributed by atoms with E-state index in [0.717, 1.165) is 57.9 Å². The molecule has 0 saturated carbocycles. The van der Waals surface area contributed by atoms with Gasteiger partial charge in [-0.25, -0.2) is 0 Å². The van der Waals surface area contributed by atoms with Crippen molar-refractivity contribution in [2.75, 3.05) is 39.4 Å². The highest BCUT2D eigenvalue weighted by atomic mass is 16.5. The van der Waals surface area contributed by atoms with E-state index in [1.807, 2.05) is 6.21 Å². The molecular formula is C24H25N3O. The van der Waals surface area contributed by atoms with Crippen LogP contribution in [0.3, 0.4) is 0 Å². The Hall–Kier alpha value is -2.56. The van der Waals surface area contributed by atoms with Crippen LogP contribution in [0.4, 0.5) is 5.69 Å². The zero-order valence-corrected chi connectivity index (χ0v) is 16.1. The van der Waals surface area contributed by atoms with E-state index in [1.54, 1.807) is 0 Å². The summed E-state index contributed by atoms with van der Waals surface area (Å²) in [5.74, 6) is 0. The van der Waals surface area contributed by atoms with Crippen molar-refractivity contribution in [2.24, 2.45) is 9.98 Å². The number of ether oxygens (including phenoxy) is 1. The Morgan fingerprint density at radius 2 is 1.79 bits per heavy atom. The first-order valence-corrected chi connectivity index (χ1v) is 10.1. The second-order valence-corrected chi connectivity index (χ2v) is 7.76. The van der Waals surface area contributed by atoms with Crippen LogP contribution in [-0.2, 0) is 17.6 Å². The molecule has 0 radical (unpaired) electrons. The van der Waals surface area contributed by atoms with E-state index in [1.165, 1.54) is 33.5 Å². The minimum absolute atomic E-state index is 0.803. The Labute approximate surface area is 166 Å². The molecule has 28 heavy (non-hydrogen) atoms. The predicted octanol–water partition coefficient (Wildman–Crippen LogP) is 3.71. The van der Waals surface area contributed by atoms with E-state index >= 15 is 0 Å². The van der Waals surface area contributed by atoms with Gasteiger partial charge in [0.1, 0.15) is 0 Å². The normalized spacial score (nSPS) is 18.9. The first-order chi connectivity index (χ1) is 13.8. The molecule has 0 N–H and O–H groups in total. The summed E-state index contributed by atoms with van der Waals surface area (Å²) in [7, 11) is 0. The van der Waals surface area contributed by atoms with Gasteiger partial charge in [0.25, 0.3) is 0 Å². The minimum Gasteiger partial charge on any atom is -0.379 e. The van der Waals surface area contributed by atoms with Gasteiger partial charge in [-0.05, 0) is 46.4 Å². The molecule has 0 aromatic heterocycles. The van der Waals surface area contributed by atoms with Crippen LogP contribution >= 0.6 is 0 Å². The zero-order chi connectivity index (χ0) is 18.8. The van der Waals surface area contributed by atoms with Gasteiger partial charge >= 0.3 is 0 Å². The van der Waals surface area contributed by atoms with Gasteiger partial charge < -0.3 is 4.74 Å². The molecule has 2 aromatic rings. The molecule has 0 amide bonds. The van der Waals surface area contributed by atoms with Crippen molar-refractivity contribution in [3.05, 3.63) is 70.8 Å². The Morgan fingerprint density at radius 3 is 2.57 bits per heavy atom. The first-order valence-electron chi connectivity index (χ1n) is 10.1. The number of allylic oxidation sites excluding steroid dienone is 1. The van der Waals surface area contributed by atoms with Crippen molar-refractivity contribution in [3.63, 3.8) is 0 Å². The highest BCUT2D eigenvalue weighted by Gasteiger charge is 2.19. The van der Waals surface area contributed by atoms with Gasteiger partial charge in [-0.1, -0.05) is 36.4 Å². The topological polar surface area (TPSA) is 37.2 Å². The number of morpholine rings is 1. The van der Waals surface area contributed by atoms with E-state index in [2.05, 4.69) is 58.4 Å². The summed E-state index contributed by atoms with van der Waals surface area (Å²) >= 11 is 0. The standard InChI is InChI=1S/C24H25N3O/c1-4-20(21-7-8-25-16-21)5-2-18(1)13-19-3-6-24-22(14-19)15-23(26-24)17-27-9-11-28-12-10-27/h1-8,14H,9-13,15-17H2. The molecule has 0 unspecified atom stereocenters. The van der Waals surface area contributed by atoms with Crippen LogP contribution in [0.2, 0.25) is 0 Å². The molecule has 1 fully saturated rings. The van der Waals surface area contributed by atoms with Crippen LogP contribution in [0.1, 0.15) is 22.3 Å². The van der Waals surface area contributed by atoms with Crippen molar-refractivity contribution in [2.45, 2.75) is 12.8 Å². The van der Waals surface area contributed by atoms with Crippen LogP contribution in [0.15, 0.2) is 58.5 Å². The first kappa shape index (κ1) is 17.5. The molecule has 3 aliphatic heterocycles. The van der Waals surface area contributed by atoms with Crippen LogP contribution in [-0.4, -0.2) is 56.2 Å². The Kier molecular flexibility index (Phi) is 4.90. The third-order valence-electron chi connectivity index (χ3n) is 5.70. The summed E-state index contributed by atoms with van der Waals surface area (Å²) in [5.41, 5.74) is 9.07. The third kappa shape index (κ3) is 3.84. The van der Waals surface area contributed by atoms with E-state index < -0.39 is 0 Å². The third-order valence-corrected chi connectivity index (χ3v) is 5.70. The maximum absolute atomic E-state index is 5.44. The average molecular weight is 371 g/mol. The van der Waals surface area contributed by atoms with Gasteiger partial charge in [0.15, 0.2) is 0 Å². The molecule has 5 rings (SSSR count). The molecule has 4 heteroatoms. The second-order valence-electron chi connectivity index (χ2n) is 7.76. The van der Waals surface area contributed by atoms with Crippen molar-refractivity contribution in [3.8, 4) is 0 Å². The SMILES string of the molecule is C1=NCC(c2ccc(Cc3ccc4c(c3)CC(CN3CCOCC3)=N4)cc2)=C1. The number of aliphatic imine (C=N–C) groups is 2. The monoisotopic (exact) mass is 371 g/mol. The second kappa shape index (κ2) is 7.82. The van der Waals surface area contributed by atoms with Crippen LogP contribution in [0, 0.1) is 0 Å². The number of hydrogen-bond acceptors (Lipinski definition) is 4. The van der Waals surface area contributed by atoms with Crippen LogP contribution < -0.4 is 0 Å². The summed E-state index contributed by atoms with van der Waals surface area (Å²) in [5, 5.41) is 0. The molecule has 0 spiro atoms. The van der Waals surface area contributed by atoms with Crippen molar-refractivity contribution >= 4 is 23.2 Å². The lowest BCUT2D eigenvalue weighted by Gasteiger charge is -2.26. The van der Waals surface area contributed by atoms with Crippen LogP contribution in [0.5, 0.6) is 0 Å². The molecule has 2 aromatic carbocycles. The van der Waals surface area contributed by atoms with Gasteiger partial charge in [0.2, 0.25) is 0 Å². The van der Waals surface area contributed by atoms with Crippen molar-refractivity contribution in [1.82, 2.24) is 4.90 Å². The molecular weight excluding hydrogens is 346 g/mol. The smallest absolute Gasteiger partial charge is 0.0665 e. The number of fused-ring (bicyclic) bond motifs is 1.